The van der Waals surface area contributed by atoms with E-state index in [1.807, 2.05) is 18.2 Å². The van der Waals surface area contributed by atoms with E-state index in [9.17, 15) is 14.4 Å². The molecule has 2 aromatic rings. The first-order valence-electron chi connectivity index (χ1n) is 10.5. The van der Waals surface area contributed by atoms with Crippen LogP contribution in [0.1, 0.15) is 52.6 Å². The summed E-state index contributed by atoms with van der Waals surface area (Å²) >= 11 is 0. The lowest BCUT2D eigenvalue weighted by Gasteiger charge is -2.35. The van der Waals surface area contributed by atoms with Crippen molar-refractivity contribution in [1.29, 1.82) is 0 Å². The van der Waals surface area contributed by atoms with Crippen molar-refractivity contribution in [2.75, 3.05) is 20.2 Å². The average molecular weight is 436 g/mol. The number of carbonyl (C=O) groups is 3. The van der Waals surface area contributed by atoms with Crippen LogP contribution in [0.3, 0.4) is 0 Å². The maximum Gasteiger partial charge on any atom is 0.251 e. The van der Waals surface area contributed by atoms with Gasteiger partial charge in [-0.15, -0.1) is 0 Å². The summed E-state index contributed by atoms with van der Waals surface area (Å²) in [7, 11) is 1.61. The Bertz CT molecular complexity index is 1070. The summed E-state index contributed by atoms with van der Waals surface area (Å²) in [4.78, 5) is 36.4. The molecule has 0 radical (unpaired) electrons. The van der Waals surface area contributed by atoms with Gasteiger partial charge < -0.3 is 20.7 Å². The summed E-state index contributed by atoms with van der Waals surface area (Å²) in [5.41, 5.74) is 3.40. The molecule has 0 aliphatic carbocycles. The summed E-state index contributed by atoms with van der Waals surface area (Å²) in [5, 5.41) is 8.80. The number of methoxy groups -OCH3 is 1. The van der Waals surface area contributed by atoms with Gasteiger partial charge in [-0.2, -0.15) is 0 Å². The van der Waals surface area contributed by atoms with Crippen LogP contribution >= 0.6 is 0 Å². The van der Waals surface area contributed by atoms with E-state index in [2.05, 4.69) is 29.8 Å². The summed E-state index contributed by atoms with van der Waals surface area (Å²) < 4.78 is 5.36. The first kappa shape index (κ1) is 23.1. The SMILES string of the molecule is COc1ccc2c(c1)C(=CC(=O)c1cccc(C(=O)NCCNC(C)=O)c1)NC(C)(C)C2. The molecule has 3 N–H and O–H groups in total. The number of carbonyl (C=O) groups excluding carboxylic acids is 3. The molecule has 0 aromatic heterocycles. The lowest BCUT2D eigenvalue weighted by Crippen LogP contribution is -2.43. The van der Waals surface area contributed by atoms with Crippen molar-refractivity contribution >= 4 is 23.3 Å². The van der Waals surface area contributed by atoms with Crippen LogP contribution in [0.4, 0.5) is 0 Å². The Morgan fingerprint density at radius 2 is 1.78 bits per heavy atom. The van der Waals surface area contributed by atoms with Crippen molar-refractivity contribution in [3.8, 4) is 5.75 Å². The number of hydrogen-bond donors (Lipinski definition) is 3. The molecule has 7 nitrogen and oxygen atoms in total. The highest BCUT2D eigenvalue weighted by Crippen LogP contribution is 2.32. The Morgan fingerprint density at radius 1 is 1.06 bits per heavy atom. The van der Waals surface area contributed by atoms with Gasteiger partial charge in [-0.3, -0.25) is 14.4 Å². The van der Waals surface area contributed by atoms with E-state index in [1.54, 1.807) is 37.5 Å². The number of nitrogens with one attached hydrogen (secondary N) is 3. The Morgan fingerprint density at radius 3 is 2.50 bits per heavy atom. The highest BCUT2D eigenvalue weighted by atomic mass is 16.5. The van der Waals surface area contributed by atoms with E-state index in [0.29, 0.717) is 24.2 Å². The second-order valence-corrected chi connectivity index (χ2v) is 8.45. The summed E-state index contributed by atoms with van der Waals surface area (Å²) in [6, 6.07) is 12.5. The number of benzene rings is 2. The molecule has 0 unspecified atom stereocenters. The van der Waals surface area contributed by atoms with Crippen molar-refractivity contribution in [2.24, 2.45) is 0 Å². The van der Waals surface area contributed by atoms with Crippen LogP contribution in [0, 0.1) is 0 Å². The maximum absolute atomic E-state index is 13.1. The number of ketones is 1. The van der Waals surface area contributed by atoms with Crippen LogP contribution in [0.2, 0.25) is 0 Å². The van der Waals surface area contributed by atoms with Gasteiger partial charge in [-0.25, -0.2) is 0 Å². The molecule has 1 aliphatic heterocycles. The second kappa shape index (κ2) is 9.68. The van der Waals surface area contributed by atoms with Gasteiger partial charge in [0.05, 0.1) is 7.11 Å². The summed E-state index contributed by atoms with van der Waals surface area (Å²) in [6.07, 6.45) is 2.40. The largest absolute Gasteiger partial charge is 0.497 e. The first-order valence-corrected chi connectivity index (χ1v) is 10.5. The first-order chi connectivity index (χ1) is 15.2. The molecule has 2 amide bonds. The molecule has 2 aromatic carbocycles. The lowest BCUT2D eigenvalue weighted by molar-refractivity contribution is -0.118. The van der Waals surface area contributed by atoms with Gasteiger partial charge in [0.15, 0.2) is 5.78 Å². The Hall–Kier alpha value is -3.61. The highest BCUT2D eigenvalue weighted by Gasteiger charge is 2.28. The highest BCUT2D eigenvalue weighted by molar-refractivity contribution is 6.10. The van der Waals surface area contributed by atoms with E-state index in [1.165, 1.54) is 6.92 Å². The predicted molar refractivity (Wildman–Crippen MR) is 124 cm³/mol. The van der Waals surface area contributed by atoms with E-state index in [-0.39, 0.29) is 23.1 Å². The van der Waals surface area contributed by atoms with E-state index in [4.69, 9.17) is 4.74 Å². The average Bonchev–Trinajstić information content (AvgIpc) is 2.75. The van der Waals surface area contributed by atoms with Gasteiger partial charge in [0, 0.05) is 54.0 Å². The number of ether oxygens (including phenoxy) is 1. The van der Waals surface area contributed by atoms with Crippen LogP contribution in [0.15, 0.2) is 48.5 Å². The van der Waals surface area contributed by atoms with E-state index in [0.717, 1.165) is 29.0 Å². The fourth-order valence-corrected chi connectivity index (χ4v) is 3.70. The quantitative estimate of drug-likeness (QED) is 0.353. The smallest absolute Gasteiger partial charge is 0.251 e. The van der Waals surface area contributed by atoms with Crippen molar-refractivity contribution in [3.63, 3.8) is 0 Å². The molecule has 1 heterocycles. The van der Waals surface area contributed by atoms with Gasteiger partial charge in [-0.1, -0.05) is 18.2 Å². The Labute approximate surface area is 188 Å². The molecule has 0 saturated carbocycles. The Kier molecular flexibility index (Phi) is 6.98. The third kappa shape index (κ3) is 5.75. The molecule has 0 fully saturated rings. The minimum atomic E-state index is -0.301. The van der Waals surface area contributed by atoms with E-state index < -0.39 is 0 Å². The molecule has 3 rings (SSSR count). The zero-order valence-electron chi connectivity index (χ0n) is 18.9. The fourth-order valence-electron chi connectivity index (χ4n) is 3.70. The molecule has 0 atom stereocenters. The van der Waals surface area contributed by atoms with E-state index >= 15 is 0 Å². The van der Waals surface area contributed by atoms with Gasteiger partial charge in [0.1, 0.15) is 5.75 Å². The molecular weight excluding hydrogens is 406 g/mol. The van der Waals surface area contributed by atoms with Crippen molar-refractivity contribution in [2.45, 2.75) is 32.7 Å². The third-order valence-corrected chi connectivity index (χ3v) is 5.18. The van der Waals surface area contributed by atoms with Crippen LogP contribution in [-0.2, 0) is 11.2 Å². The second-order valence-electron chi connectivity index (χ2n) is 8.45. The zero-order valence-corrected chi connectivity index (χ0v) is 18.9. The molecule has 32 heavy (non-hydrogen) atoms. The Balaban J connectivity index is 1.82. The van der Waals surface area contributed by atoms with Crippen molar-refractivity contribution in [1.82, 2.24) is 16.0 Å². The van der Waals surface area contributed by atoms with Gasteiger partial charge in [0.2, 0.25) is 5.91 Å². The number of amides is 2. The molecule has 7 heteroatoms. The maximum atomic E-state index is 13.1. The van der Waals surface area contributed by atoms with Crippen LogP contribution in [-0.4, -0.2) is 43.3 Å². The monoisotopic (exact) mass is 435 g/mol. The number of hydrogen-bond acceptors (Lipinski definition) is 5. The van der Waals surface area contributed by atoms with Crippen LogP contribution in [0.25, 0.3) is 5.70 Å². The molecule has 0 spiro atoms. The van der Waals surface area contributed by atoms with Gasteiger partial charge >= 0.3 is 0 Å². The zero-order chi connectivity index (χ0) is 23.3. The minimum Gasteiger partial charge on any atom is -0.497 e. The fraction of sp³-hybridized carbons (Fsp3) is 0.320. The normalized spacial score (nSPS) is 15.3. The standard InChI is InChI=1S/C25H29N3O4/c1-16(29)26-10-11-27-24(31)18-7-5-6-17(12-18)23(30)14-22-21-13-20(32-4)9-8-19(21)15-25(2,3)28-22/h5-9,12-14,28H,10-11,15H2,1-4H3,(H,26,29)(H,27,31). The third-order valence-electron chi connectivity index (χ3n) is 5.18. The number of rotatable bonds is 7. The lowest BCUT2D eigenvalue weighted by atomic mass is 9.85. The van der Waals surface area contributed by atoms with Gasteiger partial charge in [-0.05, 0) is 50.1 Å². The molecule has 0 saturated heterocycles. The van der Waals surface area contributed by atoms with Crippen molar-refractivity contribution in [3.05, 3.63) is 70.8 Å². The minimum absolute atomic E-state index is 0.154. The molecule has 0 bridgehead atoms. The van der Waals surface area contributed by atoms with Crippen molar-refractivity contribution < 1.29 is 19.1 Å². The molecule has 168 valence electrons. The predicted octanol–water partition coefficient (Wildman–Crippen LogP) is 2.71. The van der Waals surface area contributed by atoms with Crippen LogP contribution < -0.4 is 20.7 Å². The molecular formula is C25H29N3O4. The summed E-state index contributed by atoms with van der Waals surface area (Å²) in [5.74, 6) is 0.0663. The number of allylic oxidation sites excluding steroid dienone is 1. The molecule has 1 aliphatic rings. The van der Waals surface area contributed by atoms with Gasteiger partial charge in [0.25, 0.3) is 5.91 Å². The topological polar surface area (TPSA) is 96.5 Å². The summed E-state index contributed by atoms with van der Waals surface area (Å²) in [6.45, 7) is 6.24. The number of fused-ring (bicyclic) bond motifs is 1. The van der Waals surface area contributed by atoms with Crippen LogP contribution in [0.5, 0.6) is 5.75 Å².